The van der Waals surface area contributed by atoms with Gasteiger partial charge in [-0.05, 0) is 31.0 Å². The number of ether oxygens (including phenoxy) is 1. The zero-order chi connectivity index (χ0) is 12.1. The van der Waals surface area contributed by atoms with E-state index in [-0.39, 0.29) is 16.6 Å². The minimum atomic E-state index is -0.599. The van der Waals surface area contributed by atoms with Crippen LogP contribution in [0.5, 0.6) is 5.75 Å². The summed E-state index contributed by atoms with van der Waals surface area (Å²) in [5, 5.41) is 9.51. The first-order valence-corrected chi connectivity index (χ1v) is 5.54. The standard InChI is InChI=1S/C12H15ClO3/c1-3-6-16-12(8(2)14)9-4-5-11(15)10(13)7-9/h4-5,7,12,15H,3,6H2,1-2H3. The van der Waals surface area contributed by atoms with E-state index in [2.05, 4.69) is 0 Å². The molecule has 0 spiro atoms. The summed E-state index contributed by atoms with van der Waals surface area (Å²) in [4.78, 5) is 11.4. The van der Waals surface area contributed by atoms with Crippen molar-refractivity contribution in [3.8, 4) is 5.75 Å². The summed E-state index contributed by atoms with van der Waals surface area (Å²) in [5.74, 6) is -0.0709. The van der Waals surface area contributed by atoms with Gasteiger partial charge in [-0.3, -0.25) is 4.79 Å². The quantitative estimate of drug-likeness (QED) is 0.863. The van der Waals surface area contributed by atoms with Crippen LogP contribution in [-0.4, -0.2) is 17.5 Å². The first kappa shape index (κ1) is 13.0. The molecule has 1 atom stereocenters. The Kier molecular flexibility index (Phi) is 4.77. The molecule has 0 radical (unpaired) electrons. The van der Waals surface area contributed by atoms with E-state index >= 15 is 0 Å². The van der Waals surface area contributed by atoms with Crippen molar-refractivity contribution < 1.29 is 14.6 Å². The summed E-state index contributed by atoms with van der Waals surface area (Å²) < 4.78 is 5.44. The zero-order valence-electron chi connectivity index (χ0n) is 9.37. The molecule has 0 aromatic heterocycles. The summed E-state index contributed by atoms with van der Waals surface area (Å²) in [7, 11) is 0. The van der Waals surface area contributed by atoms with E-state index < -0.39 is 6.10 Å². The van der Waals surface area contributed by atoms with Crippen LogP contribution >= 0.6 is 11.6 Å². The Labute approximate surface area is 100.0 Å². The Hall–Kier alpha value is -1.06. The number of halogens is 1. The summed E-state index contributed by atoms with van der Waals surface area (Å²) in [6, 6.07) is 4.66. The van der Waals surface area contributed by atoms with Crippen molar-refractivity contribution in [3.05, 3.63) is 28.8 Å². The van der Waals surface area contributed by atoms with E-state index in [0.717, 1.165) is 6.42 Å². The molecule has 1 aromatic rings. The second-order valence-corrected chi connectivity index (χ2v) is 3.98. The molecule has 1 N–H and O–H groups in total. The lowest BCUT2D eigenvalue weighted by atomic mass is 10.1. The topological polar surface area (TPSA) is 46.5 Å². The average Bonchev–Trinajstić information content (AvgIpc) is 2.23. The molecule has 4 heteroatoms. The smallest absolute Gasteiger partial charge is 0.163 e. The van der Waals surface area contributed by atoms with Crippen molar-refractivity contribution in [3.63, 3.8) is 0 Å². The monoisotopic (exact) mass is 242 g/mol. The molecule has 88 valence electrons. The van der Waals surface area contributed by atoms with Crippen LogP contribution in [-0.2, 0) is 9.53 Å². The fourth-order valence-electron chi connectivity index (χ4n) is 1.37. The number of Topliss-reactive ketones (excluding diaryl/α,β-unsaturated/α-hetero) is 1. The van der Waals surface area contributed by atoms with Crippen LogP contribution in [0.25, 0.3) is 0 Å². The molecule has 1 unspecified atom stereocenters. The van der Waals surface area contributed by atoms with Crippen LogP contribution in [0.2, 0.25) is 5.02 Å². The number of hydrogen-bond donors (Lipinski definition) is 1. The van der Waals surface area contributed by atoms with Gasteiger partial charge in [0.2, 0.25) is 0 Å². The van der Waals surface area contributed by atoms with Gasteiger partial charge in [0.05, 0.1) is 5.02 Å². The number of ketones is 1. The molecule has 0 saturated heterocycles. The van der Waals surface area contributed by atoms with Gasteiger partial charge < -0.3 is 9.84 Å². The van der Waals surface area contributed by atoms with Gasteiger partial charge in [0.15, 0.2) is 5.78 Å². The van der Waals surface area contributed by atoms with Crippen molar-refractivity contribution in [2.24, 2.45) is 0 Å². The Balaban J connectivity index is 2.92. The SMILES string of the molecule is CCCOC(C(C)=O)c1ccc(O)c(Cl)c1. The number of aromatic hydroxyl groups is 1. The molecule has 0 fully saturated rings. The van der Waals surface area contributed by atoms with Crippen molar-refractivity contribution in [1.29, 1.82) is 0 Å². The summed E-state index contributed by atoms with van der Waals surface area (Å²) >= 11 is 5.78. The number of rotatable bonds is 5. The lowest BCUT2D eigenvalue weighted by Crippen LogP contribution is -2.13. The van der Waals surface area contributed by atoms with Gasteiger partial charge in [-0.15, -0.1) is 0 Å². The van der Waals surface area contributed by atoms with Crippen molar-refractivity contribution in [2.75, 3.05) is 6.61 Å². The molecular weight excluding hydrogens is 228 g/mol. The van der Waals surface area contributed by atoms with Gasteiger partial charge >= 0.3 is 0 Å². The van der Waals surface area contributed by atoms with Crippen LogP contribution in [0.15, 0.2) is 18.2 Å². The second-order valence-electron chi connectivity index (χ2n) is 3.57. The molecular formula is C12H15ClO3. The van der Waals surface area contributed by atoms with Gasteiger partial charge in [-0.1, -0.05) is 24.6 Å². The third-order valence-corrected chi connectivity index (χ3v) is 2.44. The Morgan fingerprint density at radius 2 is 2.25 bits per heavy atom. The zero-order valence-corrected chi connectivity index (χ0v) is 10.1. The van der Waals surface area contributed by atoms with E-state index in [4.69, 9.17) is 16.3 Å². The van der Waals surface area contributed by atoms with Crippen LogP contribution in [0, 0.1) is 0 Å². The highest BCUT2D eigenvalue weighted by atomic mass is 35.5. The van der Waals surface area contributed by atoms with Crippen LogP contribution in [0.3, 0.4) is 0 Å². The van der Waals surface area contributed by atoms with Gasteiger partial charge in [-0.2, -0.15) is 0 Å². The Morgan fingerprint density at radius 1 is 1.56 bits per heavy atom. The van der Waals surface area contributed by atoms with E-state index in [1.165, 1.54) is 13.0 Å². The van der Waals surface area contributed by atoms with Gasteiger partial charge in [-0.25, -0.2) is 0 Å². The van der Waals surface area contributed by atoms with E-state index in [1.54, 1.807) is 12.1 Å². The summed E-state index contributed by atoms with van der Waals surface area (Å²) in [5.41, 5.74) is 0.670. The molecule has 1 rings (SSSR count). The maximum Gasteiger partial charge on any atom is 0.163 e. The maximum atomic E-state index is 11.4. The minimum absolute atomic E-state index is 0.00297. The van der Waals surface area contributed by atoms with Gasteiger partial charge in [0.1, 0.15) is 11.9 Å². The molecule has 0 aliphatic rings. The molecule has 0 bridgehead atoms. The van der Waals surface area contributed by atoms with Crippen LogP contribution in [0.4, 0.5) is 0 Å². The number of carbonyl (C=O) groups excluding carboxylic acids is 1. The molecule has 16 heavy (non-hydrogen) atoms. The fourth-order valence-corrected chi connectivity index (χ4v) is 1.56. The summed E-state index contributed by atoms with van der Waals surface area (Å²) in [6.07, 6.45) is 0.244. The highest BCUT2D eigenvalue weighted by molar-refractivity contribution is 6.32. The van der Waals surface area contributed by atoms with E-state index in [0.29, 0.717) is 12.2 Å². The van der Waals surface area contributed by atoms with Crippen molar-refractivity contribution in [1.82, 2.24) is 0 Å². The van der Waals surface area contributed by atoms with Crippen molar-refractivity contribution in [2.45, 2.75) is 26.4 Å². The molecule has 0 aliphatic heterocycles. The van der Waals surface area contributed by atoms with E-state index in [1.807, 2.05) is 6.92 Å². The highest BCUT2D eigenvalue weighted by Crippen LogP contribution is 2.28. The predicted molar refractivity (Wildman–Crippen MR) is 62.8 cm³/mol. The lowest BCUT2D eigenvalue weighted by Gasteiger charge is -2.15. The number of phenolic OH excluding ortho intramolecular Hbond substituents is 1. The third-order valence-electron chi connectivity index (χ3n) is 2.13. The number of hydrogen-bond acceptors (Lipinski definition) is 3. The predicted octanol–water partition coefficient (Wildman–Crippen LogP) is 3.10. The average molecular weight is 243 g/mol. The van der Waals surface area contributed by atoms with Crippen LogP contribution in [0.1, 0.15) is 31.9 Å². The number of carbonyl (C=O) groups is 1. The number of benzene rings is 1. The van der Waals surface area contributed by atoms with Crippen molar-refractivity contribution >= 4 is 17.4 Å². The molecule has 3 nitrogen and oxygen atoms in total. The van der Waals surface area contributed by atoms with Gasteiger partial charge in [0, 0.05) is 6.61 Å². The Morgan fingerprint density at radius 3 is 2.75 bits per heavy atom. The number of phenols is 1. The first-order chi connectivity index (χ1) is 7.56. The normalized spacial score (nSPS) is 12.4. The minimum Gasteiger partial charge on any atom is -0.506 e. The lowest BCUT2D eigenvalue weighted by molar-refractivity contribution is -0.128. The maximum absolute atomic E-state index is 11.4. The molecule has 0 amide bonds. The molecule has 0 heterocycles. The molecule has 1 aromatic carbocycles. The van der Waals surface area contributed by atoms with E-state index in [9.17, 15) is 9.90 Å². The highest BCUT2D eigenvalue weighted by Gasteiger charge is 2.17. The van der Waals surface area contributed by atoms with Crippen LogP contribution < -0.4 is 0 Å². The molecule has 0 aliphatic carbocycles. The third kappa shape index (κ3) is 3.22. The van der Waals surface area contributed by atoms with Gasteiger partial charge in [0.25, 0.3) is 0 Å². The largest absolute Gasteiger partial charge is 0.506 e. The summed E-state index contributed by atoms with van der Waals surface area (Å²) in [6.45, 7) is 3.96. The Bertz CT molecular complexity index is 377. The first-order valence-electron chi connectivity index (χ1n) is 5.16. The second kappa shape index (κ2) is 5.87. The fraction of sp³-hybridized carbons (Fsp3) is 0.417. The molecule has 0 saturated carbocycles.